The summed E-state index contributed by atoms with van der Waals surface area (Å²) < 4.78 is 39.6. The lowest BCUT2D eigenvalue weighted by molar-refractivity contribution is -0.274. The maximum atomic E-state index is 11.9. The number of hydrogen-bond acceptors (Lipinski definition) is 2. The fourth-order valence-electron chi connectivity index (χ4n) is 0.979. The van der Waals surface area contributed by atoms with Crippen LogP contribution in [-0.4, -0.2) is 6.36 Å². The van der Waals surface area contributed by atoms with Crippen LogP contribution in [0.25, 0.3) is 0 Å². The molecule has 1 rings (SSSR count). The SMILES string of the molecule is N#CCc1ccc(Cl)cc1OC(F)(F)F. The van der Waals surface area contributed by atoms with Gasteiger partial charge in [-0.1, -0.05) is 17.7 Å². The van der Waals surface area contributed by atoms with E-state index in [4.69, 9.17) is 16.9 Å². The van der Waals surface area contributed by atoms with Gasteiger partial charge in [0.25, 0.3) is 0 Å². The Morgan fingerprint density at radius 1 is 1.40 bits per heavy atom. The molecule has 0 N–H and O–H groups in total. The topological polar surface area (TPSA) is 33.0 Å². The van der Waals surface area contributed by atoms with Crippen LogP contribution in [0.1, 0.15) is 5.56 Å². The van der Waals surface area contributed by atoms with Crippen LogP contribution < -0.4 is 4.74 Å². The van der Waals surface area contributed by atoms with Crippen molar-refractivity contribution in [2.24, 2.45) is 0 Å². The molecule has 0 heterocycles. The van der Waals surface area contributed by atoms with Crippen molar-refractivity contribution >= 4 is 11.6 Å². The minimum Gasteiger partial charge on any atom is -0.405 e. The number of nitriles is 1. The van der Waals surface area contributed by atoms with Crippen LogP contribution in [0.15, 0.2) is 18.2 Å². The van der Waals surface area contributed by atoms with E-state index < -0.39 is 12.1 Å². The van der Waals surface area contributed by atoms with Crippen LogP contribution in [0.3, 0.4) is 0 Å². The zero-order valence-electron chi connectivity index (χ0n) is 7.31. The zero-order chi connectivity index (χ0) is 11.5. The first-order valence-corrected chi connectivity index (χ1v) is 4.21. The van der Waals surface area contributed by atoms with E-state index in [2.05, 4.69) is 4.74 Å². The van der Waals surface area contributed by atoms with Crippen LogP contribution in [0.2, 0.25) is 5.02 Å². The van der Waals surface area contributed by atoms with E-state index in [1.54, 1.807) is 6.07 Å². The van der Waals surface area contributed by atoms with Gasteiger partial charge in [0.15, 0.2) is 0 Å². The third kappa shape index (κ3) is 3.68. The molecule has 1 aromatic carbocycles. The number of rotatable bonds is 2. The largest absolute Gasteiger partial charge is 0.573 e. The van der Waals surface area contributed by atoms with E-state index in [0.717, 1.165) is 6.07 Å². The summed E-state index contributed by atoms with van der Waals surface area (Å²) >= 11 is 5.52. The number of ether oxygens (including phenoxy) is 1. The van der Waals surface area contributed by atoms with Crippen molar-refractivity contribution in [2.45, 2.75) is 12.8 Å². The van der Waals surface area contributed by atoms with Crippen LogP contribution >= 0.6 is 11.6 Å². The lowest BCUT2D eigenvalue weighted by Crippen LogP contribution is -2.18. The number of halogens is 4. The van der Waals surface area contributed by atoms with Gasteiger partial charge >= 0.3 is 6.36 Å². The Morgan fingerprint density at radius 3 is 2.60 bits per heavy atom. The predicted octanol–water partition coefficient (Wildman–Crippen LogP) is 3.30. The normalized spacial score (nSPS) is 10.9. The van der Waals surface area contributed by atoms with Crippen molar-refractivity contribution in [3.63, 3.8) is 0 Å². The lowest BCUT2D eigenvalue weighted by Gasteiger charge is -2.11. The van der Waals surface area contributed by atoms with E-state index in [0.29, 0.717) is 0 Å². The number of alkyl halides is 3. The smallest absolute Gasteiger partial charge is 0.405 e. The highest BCUT2D eigenvalue weighted by molar-refractivity contribution is 6.30. The summed E-state index contributed by atoms with van der Waals surface area (Å²) in [5.74, 6) is -0.434. The number of nitrogens with zero attached hydrogens (tertiary/aromatic N) is 1. The second-order valence-corrected chi connectivity index (χ2v) is 3.07. The summed E-state index contributed by atoms with van der Waals surface area (Å²) in [6.45, 7) is 0. The Bertz CT molecular complexity index is 397. The summed E-state index contributed by atoms with van der Waals surface area (Å²) in [5.41, 5.74) is 0.152. The van der Waals surface area contributed by atoms with Gasteiger partial charge in [-0.2, -0.15) is 5.26 Å². The maximum absolute atomic E-state index is 11.9. The Kier molecular flexibility index (Phi) is 3.43. The summed E-state index contributed by atoms with van der Waals surface area (Å²) in [4.78, 5) is 0. The van der Waals surface area contributed by atoms with E-state index in [1.807, 2.05) is 0 Å². The van der Waals surface area contributed by atoms with E-state index >= 15 is 0 Å². The van der Waals surface area contributed by atoms with Gasteiger partial charge in [0.05, 0.1) is 12.5 Å². The first-order valence-electron chi connectivity index (χ1n) is 3.83. The molecule has 0 aliphatic rings. The van der Waals surface area contributed by atoms with Crippen molar-refractivity contribution in [3.8, 4) is 11.8 Å². The Labute approximate surface area is 88.8 Å². The number of hydrogen-bond donors (Lipinski definition) is 0. The molecule has 0 amide bonds. The average molecular weight is 236 g/mol. The molecule has 1 aromatic rings. The average Bonchev–Trinajstić information content (AvgIpc) is 2.07. The summed E-state index contributed by atoms with van der Waals surface area (Å²) in [6.07, 6.45) is -4.95. The van der Waals surface area contributed by atoms with E-state index in [-0.39, 0.29) is 17.0 Å². The monoisotopic (exact) mass is 235 g/mol. The highest BCUT2D eigenvalue weighted by Gasteiger charge is 2.32. The molecule has 0 spiro atoms. The third-order valence-electron chi connectivity index (χ3n) is 1.52. The molecule has 15 heavy (non-hydrogen) atoms. The second-order valence-electron chi connectivity index (χ2n) is 2.63. The molecule has 0 bridgehead atoms. The fraction of sp³-hybridized carbons (Fsp3) is 0.222. The lowest BCUT2D eigenvalue weighted by atomic mass is 10.1. The summed E-state index contributed by atoms with van der Waals surface area (Å²) in [5, 5.41) is 8.51. The maximum Gasteiger partial charge on any atom is 0.573 e. The molecule has 0 fully saturated rings. The molecule has 6 heteroatoms. The molecule has 0 aliphatic heterocycles. The predicted molar refractivity (Wildman–Crippen MR) is 47.5 cm³/mol. The van der Waals surface area contributed by atoms with Gasteiger partial charge in [-0.15, -0.1) is 13.2 Å². The molecule has 0 saturated heterocycles. The quantitative estimate of drug-likeness (QED) is 0.788. The molecule has 0 unspecified atom stereocenters. The standard InChI is InChI=1S/C9H5ClF3NO/c10-7-2-1-6(3-4-14)8(5-7)15-9(11,12)13/h1-2,5H,3H2. The van der Waals surface area contributed by atoms with Gasteiger partial charge in [-0.05, 0) is 12.1 Å². The van der Waals surface area contributed by atoms with Crippen molar-refractivity contribution in [2.75, 3.05) is 0 Å². The Morgan fingerprint density at radius 2 is 2.07 bits per heavy atom. The summed E-state index contributed by atoms with van der Waals surface area (Å²) in [6, 6.07) is 5.49. The van der Waals surface area contributed by atoms with Crippen molar-refractivity contribution in [1.29, 1.82) is 5.26 Å². The first kappa shape index (κ1) is 11.7. The molecule has 0 radical (unpaired) electrons. The zero-order valence-corrected chi connectivity index (χ0v) is 8.06. The molecule has 0 aliphatic carbocycles. The fourth-order valence-corrected chi connectivity index (χ4v) is 1.14. The van der Waals surface area contributed by atoms with Gasteiger partial charge in [0, 0.05) is 10.6 Å². The molecule has 0 aromatic heterocycles. The third-order valence-corrected chi connectivity index (χ3v) is 1.76. The van der Waals surface area contributed by atoms with Crippen molar-refractivity contribution in [1.82, 2.24) is 0 Å². The second kappa shape index (κ2) is 4.41. The van der Waals surface area contributed by atoms with Crippen LogP contribution in [0.5, 0.6) is 5.75 Å². The molecule has 2 nitrogen and oxygen atoms in total. The van der Waals surface area contributed by atoms with E-state index in [1.165, 1.54) is 12.1 Å². The van der Waals surface area contributed by atoms with Crippen LogP contribution in [-0.2, 0) is 6.42 Å². The van der Waals surface area contributed by atoms with E-state index in [9.17, 15) is 13.2 Å². The van der Waals surface area contributed by atoms with Gasteiger partial charge in [-0.3, -0.25) is 0 Å². The first-order chi connectivity index (χ1) is 6.92. The minimum absolute atomic E-state index is 0.121. The Balaban J connectivity index is 3.03. The molecule has 0 atom stereocenters. The van der Waals surface area contributed by atoms with Crippen LogP contribution in [0, 0.1) is 11.3 Å². The van der Waals surface area contributed by atoms with Crippen LogP contribution in [0.4, 0.5) is 13.2 Å². The van der Waals surface area contributed by atoms with Gasteiger partial charge in [0.2, 0.25) is 0 Å². The van der Waals surface area contributed by atoms with Crippen molar-refractivity contribution in [3.05, 3.63) is 28.8 Å². The van der Waals surface area contributed by atoms with Gasteiger partial charge < -0.3 is 4.74 Å². The molecular weight excluding hydrogens is 231 g/mol. The highest BCUT2D eigenvalue weighted by Crippen LogP contribution is 2.29. The molecule has 0 saturated carbocycles. The Hall–Kier alpha value is -1.41. The highest BCUT2D eigenvalue weighted by atomic mass is 35.5. The van der Waals surface area contributed by atoms with Crippen molar-refractivity contribution < 1.29 is 17.9 Å². The van der Waals surface area contributed by atoms with Gasteiger partial charge in [0.1, 0.15) is 5.75 Å². The summed E-state index contributed by atoms with van der Waals surface area (Å²) in [7, 11) is 0. The molecule has 80 valence electrons. The molecular formula is C9H5ClF3NO. The minimum atomic E-state index is -4.78. The van der Waals surface area contributed by atoms with Gasteiger partial charge in [-0.25, -0.2) is 0 Å². The number of benzene rings is 1.